The lowest BCUT2D eigenvalue weighted by Gasteiger charge is -2.43. The molecular formula is C27H41N3O4S. The van der Waals surface area contributed by atoms with Gasteiger partial charge in [0.1, 0.15) is 17.7 Å². The van der Waals surface area contributed by atoms with Crippen LogP contribution in [0.25, 0.3) is 0 Å². The van der Waals surface area contributed by atoms with Crippen LogP contribution in [0.15, 0.2) is 24.3 Å². The Balaban J connectivity index is 3.48. The highest BCUT2D eigenvalue weighted by Gasteiger charge is 2.42. The van der Waals surface area contributed by atoms with Crippen LogP contribution < -0.4 is 10.6 Å². The molecule has 1 rings (SSSR count). The normalized spacial score (nSPS) is 13.2. The smallest absolute Gasteiger partial charge is 0.408 e. The van der Waals surface area contributed by atoms with Crippen LogP contribution in [0.1, 0.15) is 84.9 Å². The molecule has 0 heterocycles. The molecule has 0 aliphatic heterocycles. The molecule has 3 amide bonds. The van der Waals surface area contributed by atoms with E-state index >= 15 is 0 Å². The maximum Gasteiger partial charge on any atom is 0.408 e. The quantitative estimate of drug-likeness (QED) is 0.250. The van der Waals surface area contributed by atoms with Crippen LogP contribution in [-0.4, -0.2) is 52.3 Å². The van der Waals surface area contributed by atoms with Gasteiger partial charge in [0.05, 0.1) is 0 Å². The average molecular weight is 504 g/mol. The number of rotatable bonds is 10. The third kappa shape index (κ3) is 9.48. The Labute approximate surface area is 216 Å². The van der Waals surface area contributed by atoms with E-state index in [0.29, 0.717) is 17.7 Å². The van der Waals surface area contributed by atoms with E-state index in [1.807, 2.05) is 20.8 Å². The Hall–Kier alpha value is -2.66. The van der Waals surface area contributed by atoms with Gasteiger partial charge in [-0.2, -0.15) is 12.6 Å². The van der Waals surface area contributed by atoms with E-state index < -0.39 is 35.2 Å². The van der Waals surface area contributed by atoms with Gasteiger partial charge in [0.15, 0.2) is 0 Å². The minimum atomic E-state index is -1.01. The van der Waals surface area contributed by atoms with Crippen molar-refractivity contribution >= 4 is 30.5 Å². The molecule has 1 aromatic rings. The van der Waals surface area contributed by atoms with Crippen molar-refractivity contribution < 1.29 is 19.1 Å². The van der Waals surface area contributed by atoms with Gasteiger partial charge in [-0.05, 0) is 59.6 Å². The number of thiol groups is 1. The molecule has 0 radical (unpaired) electrons. The Morgan fingerprint density at radius 1 is 1.11 bits per heavy atom. The first-order valence-corrected chi connectivity index (χ1v) is 12.7. The largest absolute Gasteiger partial charge is 0.444 e. The zero-order valence-corrected chi connectivity index (χ0v) is 23.0. The number of carbonyl (C=O) groups excluding carboxylic acids is 3. The molecule has 2 atom stereocenters. The molecule has 8 heteroatoms. The van der Waals surface area contributed by atoms with Crippen molar-refractivity contribution in [3.63, 3.8) is 0 Å². The summed E-state index contributed by atoms with van der Waals surface area (Å²) in [6.45, 7) is 13.3. The molecule has 194 valence electrons. The van der Waals surface area contributed by atoms with E-state index in [0.717, 1.165) is 19.3 Å². The fourth-order valence-corrected chi connectivity index (χ4v) is 3.84. The van der Waals surface area contributed by atoms with Gasteiger partial charge in [-0.15, -0.1) is 6.42 Å². The first-order valence-electron chi connectivity index (χ1n) is 12.0. The fraction of sp³-hybridized carbons (Fsp3) is 0.593. The number of nitrogens with one attached hydrogen (secondary N) is 2. The lowest BCUT2D eigenvalue weighted by Crippen LogP contribution is -2.59. The van der Waals surface area contributed by atoms with E-state index in [1.54, 1.807) is 45.0 Å². The molecule has 0 saturated carbocycles. The van der Waals surface area contributed by atoms with Gasteiger partial charge >= 0.3 is 6.09 Å². The minimum absolute atomic E-state index is 0.0201. The maximum absolute atomic E-state index is 13.9. The van der Waals surface area contributed by atoms with E-state index in [4.69, 9.17) is 11.2 Å². The molecule has 0 aliphatic rings. The second-order valence-corrected chi connectivity index (χ2v) is 10.8. The second kappa shape index (κ2) is 13.4. The predicted octanol–water partition coefficient (Wildman–Crippen LogP) is 4.47. The number of carbonyl (C=O) groups is 3. The maximum atomic E-state index is 13.9. The second-order valence-electron chi connectivity index (χ2n) is 10.4. The fourth-order valence-electron chi connectivity index (χ4n) is 3.60. The Kier molecular flexibility index (Phi) is 11.7. The zero-order valence-electron chi connectivity index (χ0n) is 22.1. The summed E-state index contributed by atoms with van der Waals surface area (Å²) in [5.41, 5.74) is -0.460. The number of ether oxygens (including phenoxy) is 1. The highest BCUT2D eigenvalue weighted by molar-refractivity contribution is 7.80. The third-order valence-electron chi connectivity index (χ3n) is 5.13. The van der Waals surface area contributed by atoms with Crippen LogP contribution in [0, 0.1) is 12.3 Å². The van der Waals surface area contributed by atoms with Gasteiger partial charge < -0.3 is 20.3 Å². The summed E-state index contributed by atoms with van der Waals surface area (Å²) in [6, 6.07) is 5.06. The molecule has 7 nitrogen and oxygen atoms in total. The van der Waals surface area contributed by atoms with Gasteiger partial charge in [-0.25, -0.2) is 4.79 Å². The van der Waals surface area contributed by atoms with Gasteiger partial charge in [-0.1, -0.05) is 43.9 Å². The number of alkyl carbamates (subject to hydrolysis) is 1. The number of hydrogen-bond acceptors (Lipinski definition) is 5. The molecule has 0 spiro atoms. The first-order chi connectivity index (χ1) is 16.3. The van der Waals surface area contributed by atoms with Crippen molar-refractivity contribution in [1.82, 2.24) is 15.5 Å². The summed E-state index contributed by atoms with van der Waals surface area (Å²) in [5, 5.41) is 5.58. The summed E-state index contributed by atoms with van der Waals surface area (Å²) in [7, 11) is 0. The van der Waals surface area contributed by atoms with Gasteiger partial charge in [0.2, 0.25) is 11.8 Å². The molecule has 0 saturated heterocycles. The number of amides is 3. The van der Waals surface area contributed by atoms with Crippen molar-refractivity contribution in [2.45, 2.75) is 91.0 Å². The van der Waals surface area contributed by atoms with Crippen molar-refractivity contribution in [3.8, 4) is 12.3 Å². The summed E-state index contributed by atoms with van der Waals surface area (Å²) >= 11 is 4.31. The lowest BCUT2D eigenvalue weighted by molar-refractivity contribution is -0.148. The van der Waals surface area contributed by atoms with Crippen LogP contribution in [0.3, 0.4) is 0 Å². The summed E-state index contributed by atoms with van der Waals surface area (Å²) in [4.78, 5) is 41.4. The van der Waals surface area contributed by atoms with Crippen LogP contribution >= 0.6 is 12.6 Å². The van der Waals surface area contributed by atoms with Crippen LogP contribution in [0.5, 0.6) is 0 Å². The summed E-state index contributed by atoms with van der Waals surface area (Å²) in [5.74, 6) is 1.86. The molecule has 0 aromatic heterocycles. The van der Waals surface area contributed by atoms with E-state index in [1.165, 1.54) is 4.90 Å². The zero-order chi connectivity index (χ0) is 26.8. The van der Waals surface area contributed by atoms with Crippen molar-refractivity contribution in [2.24, 2.45) is 0 Å². The van der Waals surface area contributed by atoms with E-state index in [-0.39, 0.29) is 11.7 Å². The Morgan fingerprint density at radius 3 is 2.26 bits per heavy atom. The molecular weight excluding hydrogens is 462 g/mol. The Morgan fingerprint density at radius 2 is 1.74 bits per heavy atom. The van der Waals surface area contributed by atoms with Crippen LogP contribution in [0.2, 0.25) is 0 Å². The highest BCUT2D eigenvalue weighted by Crippen LogP contribution is 2.32. The summed E-state index contributed by atoms with van der Waals surface area (Å²) in [6.07, 6.45) is 7.85. The number of benzene rings is 1. The van der Waals surface area contributed by atoms with E-state index in [2.05, 4.69) is 36.1 Å². The predicted molar refractivity (Wildman–Crippen MR) is 143 cm³/mol. The number of hydrogen-bond donors (Lipinski definition) is 3. The molecule has 1 aromatic carbocycles. The molecule has 0 fully saturated rings. The van der Waals surface area contributed by atoms with Crippen LogP contribution in [-0.2, 0) is 14.3 Å². The van der Waals surface area contributed by atoms with Crippen molar-refractivity contribution in [3.05, 3.63) is 35.4 Å². The molecule has 0 aliphatic carbocycles. The number of unbranched alkanes of at least 4 members (excludes halogenated alkanes) is 2. The van der Waals surface area contributed by atoms with Crippen LogP contribution in [0.4, 0.5) is 4.79 Å². The highest BCUT2D eigenvalue weighted by atomic mass is 32.1. The minimum Gasteiger partial charge on any atom is -0.444 e. The standard InChI is InChI=1S/C27H41N3O4S/c1-9-11-14-17-28-23(31)22(20-16-13-12-15-19(20)10-2)30(26(3,4)5)24(32)21(18-35)29-25(33)34-27(6,7)8/h2,12-13,15-16,21-22,35H,9,11,14,17-18H2,1,3-8H3,(H,28,31)(H,29,33). The third-order valence-corrected chi connectivity index (χ3v) is 5.49. The molecule has 0 bridgehead atoms. The monoisotopic (exact) mass is 503 g/mol. The first kappa shape index (κ1) is 30.4. The summed E-state index contributed by atoms with van der Waals surface area (Å²) < 4.78 is 5.33. The number of terminal acetylenes is 1. The van der Waals surface area contributed by atoms with Gasteiger partial charge in [-0.3, -0.25) is 9.59 Å². The van der Waals surface area contributed by atoms with Gasteiger partial charge in [0.25, 0.3) is 0 Å². The SMILES string of the molecule is C#Cc1ccccc1C(C(=O)NCCCCC)N(C(=O)C(CS)NC(=O)OC(C)(C)C)C(C)(C)C. The van der Waals surface area contributed by atoms with Gasteiger partial charge in [0, 0.05) is 23.4 Å². The molecule has 35 heavy (non-hydrogen) atoms. The topological polar surface area (TPSA) is 87.7 Å². The molecule has 2 N–H and O–H groups in total. The average Bonchev–Trinajstić information content (AvgIpc) is 2.76. The van der Waals surface area contributed by atoms with Crippen molar-refractivity contribution in [2.75, 3.05) is 12.3 Å². The number of nitrogens with zero attached hydrogens (tertiary/aromatic N) is 1. The Bertz CT molecular complexity index is 912. The molecule has 2 unspecified atom stereocenters. The van der Waals surface area contributed by atoms with E-state index in [9.17, 15) is 14.4 Å². The van der Waals surface area contributed by atoms with Crippen molar-refractivity contribution in [1.29, 1.82) is 0 Å². The lowest BCUT2D eigenvalue weighted by atomic mass is 9.93.